The highest BCUT2D eigenvalue weighted by molar-refractivity contribution is 7.18. The summed E-state index contributed by atoms with van der Waals surface area (Å²) in [7, 11) is 3.23. The average molecular weight is 789 g/mol. The van der Waals surface area contributed by atoms with E-state index in [1.807, 2.05) is 32.9 Å². The van der Waals surface area contributed by atoms with E-state index >= 15 is 0 Å². The van der Waals surface area contributed by atoms with Gasteiger partial charge in [0.1, 0.15) is 22.1 Å². The molecule has 302 valence electrons. The quantitative estimate of drug-likeness (QED) is 0.115. The fourth-order valence-electron chi connectivity index (χ4n) is 7.59. The van der Waals surface area contributed by atoms with Crippen molar-refractivity contribution in [1.82, 2.24) is 35.2 Å². The molecule has 1 aliphatic heterocycles. The number of pyridine rings is 1. The number of fused-ring (bicyclic) bond motifs is 1. The third-order valence-electron chi connectivity index (χ3n) is 10.4. The first-order chi connectivity index (χ1) is 26.7. The number of nitrogens with one attached hydrogen (secondary N) is 2. The summed E-state index contributed by atoms with van der Waals surface area (Å²) in [4.78, 5) is 61.6. The van der Waals surface area contributed by atoms with E-state index in [2.05, 4.69) is 54.3 Å². The van der Waals surface area contributed by atoms with Gasteiger partial charge in [0.15, 0.2) is 0 Å². The lowest BCUT2D eigenvalue weighted by Gasteiger charge is -2.33. The number of amides is 3. The minimum absolute atomic E-state index is 0.0664. The van der Waals surface area contributed by atoms with E-state index in [1.54, 1.807) is 25.4 Å². The number of hydrogen-bond acceptors (Lipinski definition) is 11. The summed E-state index contributed by atoms with van der Waals surface area (Å²) in [5, 5.41) is 6.63. The molecule has 1 saturated heterocycles. The van der Waals surface area contributed by atoms with Gasteiger partial charge < -0.3 is 30.0 Å². The predicted octanol–water partition coefficient (Wildman–Crippen LogP) is 5.15. The third kappa shape index (κ3) is 9.22. The topological polar surface area (TPSA) is 174 Å². The number of hydrazine groups is 1. The van der Waals surface area contributed by atoms with Crippen molar-refractivity contribution in [1.29, 1.82) is 0 Å². The molecule has 4 heterocycles. The number of nitrogens with two attached hydrogens (primary N) is 1. The Balaban J connectivity index is 1.59. The Morgan fingerprint density at radius 1 is 1.18 bits per heavy atom. The zero-order valence-corrected chi connectivity index (χ0v) is 34.6. The van der Waals surface area contributed by atoms with E-state index in [0.29, 0.717) is 54.6 Å². The normalized spacial score (nSPS) is 15.1. The smallest absolute Gasteiger partial charge is 0.293 e. The first-order valence-corrected chi connectivity index (χ1v) is 20.0. The third-order valence-corrected chi connectivity index (χ3v) is 11.4. The Morgan fingerprint density at radius 3 is 2.59 bits per heavy atom. The van der Waals surface area contributed by atoms with E-state index in [0.717, 1.165) is 51.8 Å². The molecular weight excluding hydrogens is 733 g/mol. The van der Waals surface area contributed by atoms with Crippen molar-refractivity contribution in [3.63, 3.8) is 0 Å². The number of methoxy groups -OCH3 is 1. The van der Waals surface area contributed by atoms with Crippen LogP contribution in [0, 0.1) is 11.3 Å². The van der Waals surface area contributed by atoms with Crippen LogP contribution in [-0.4, -0.2) is 95.1 Å². The van der Waals surface area contributed by atoms with E-state index in [4.69, 9.17) is 25.2 Å². The van der Waals surface area contributed by atoms with Crippen molar-refractivity contribution in [2.24, 2.45) is 11.3 Å². The molecule has 14 nitrogen and oxygen atoms in total. The van der Waals surface area contributed by atoms with E-state index in [9.17, 15) is 19.2 Å². The molecule has 3 aromatic heterocycles. The molecule has 0 bridgehead atoms. The predicted molar refractivity (Wildman–Crippen MR) is 218 cm³/mol. The maximum Gasteiger partial charge on any atom is 0.293 e. The number of benzene rings is 1. The number of anilines is 1. The zero-order chi connectivity index (χ0) is 40.7. The maximum absolute atomic E-state index is 13.9. The van der Waals surface area contributed by atoms with Crippen LogP contribution in [0.4, 0.5) is 5.00 Å². The summed E-state index contributed by atoms with van der Waals surface area (Å²) in [6.07, 6.45) is 4.58. The molecule has 5 rings (SSSR count). The van der Waals surface area contributed by atoms with Crippen molar-refractivity contribution in [2.45, 2.75) is 92.0 Å². The van der Waals surface area contributed by atoms with Gasteiger partial charge in [-0.15, -0.1) is 0 Å². The number of nitrogens with zero attached hydrogens (tertiary/aromatic N) is 5. The van der Waals surface area contributed by atoms with Crippen LogP contribution in [0.3, 0.4) is 0 Å². The van der Waals surface area contributed by atoms with Gasteiger partial charge in [-0.1, -0.05) is 39.0 Å². The summed E-state index contributed by atoms with van der Waals surface area (Å²) in [6.45, 7) is 14.5. The average Bonchev–Trinajstić information content (AvgIpc) is 3.71. The molecule has 0 radical (unpaired) electrons. The van der Waals surface area contributed by atoms with Gasteiger partial charge in [-0.25, -0.2) is 10.4 Å². The van der Waals surface area contributed by atoms with Gasteiger partial charge in [-0.3, -0.25) is 29.2 Å². The number of carbonyl (C=O) groups excluding carboxylic acids is 4. The fraction of sp³-hybridized carbons (Fsp3) is 0.512. The molecule has 1 aromatic carbocycles. The van der Waals surface area contributed by atoms with Gasteiger partial charge in [0.2, 0.25) is 12.3 Å². The van der Waals surface area contributed by atoms with Gasteiger partial charge in [0, 0.05) is 73.9 Å². The van der Waals surface area contributed by atoms with E-state index in [-0.39, 0.29) is 31.0 Å². The van der Waals surface area contributed by atoms with Gasteiger partial charge >= 0.3 is 0 Å². The maximum atomic E-state index is 13.9. The standard InChI is InChI=1S/C41H56N8O6S/c1-9-48-33-15-14-27(19-29(33)30(21-41(5,6)22-55-24-51)36(48)28-13-12-16-43-34(28)26(4)54-8)39-46-31(37(42)56-39)20-32(40(53)49-18-11-10-17-44-49)45-38(52)35(25(2)3)47(7)23-50/h12-16,19,23-26,32,35,44H,9-11,17-18,20-22,42H2,1-8H3,(H,45,52). The molecule has 4 aromatic rings. The molecule has 0 spiro atoms. The minimum atomic E-state index is -0.971. The van der Waals surface area contributed by atoms with Crippen molar-refractivity contribution in [3.8, 4) is 21.8 Å². The van der Waals surface area contributed by atoms with Crippen LogP contribution in [0.25, 0.3) is 32.7 Å². The molecule has 56 heavy (non-hydrogen) atoms. The number of likely N-dealkylation sites (N-methyl/N-ethyl adjacent to an activating group) is 1. The fourth-order valence-corrected chi connectivity index (χ4v) is 8.44. The lowest BCUT2D eigenvalue weighted by Crippen LogP contribution is -2.59. The summed E-state index contributed by atoms with van der Waals surface area (Å²) in [6, 6.07) is 8.50. The van der Waals surface area contributed by atoms with Gasteiger partial charge in [0.25, 0.3) is 12.4 Å². The minimum Gasteiger partial charge on any atom is -0.467 e. The van der Waals surface area contributed by atoms with Crippen LogP contribution < -0.4 is 16.5 Å². The number of aryl methyl sites for hydroxylation is 1. The number of hydrogen-bond donors (Lipinski definition) is 3. The van der Waals surface area contributed by atoms with Gasteiger partial charge in [-0.2, -0.15) is 0 Å². The van der Waals surface area contributed by atoms with Crippen molar-refractivity contribution >= 4 is 51.9 Å². The monoisotopic (exact) mass is 788 g/mol. The van der Waals surface area contributed by atoms with E-state index in [1.165, 1.54) is 16.2 Å². The Morgan fingerprint density at radius 2 is 1.95 bits per heavy atom. The first kappa shape index (κ1) is 42.3. The Labute approximate surface area is 333 Å². The van der Waals surface area contributed by atoms with Crippen LogP contribution in [0.15, 0.2) is 36.5 Å². The van der Waals surface area contributed by atoms with Gasteiger partial charge in [0.05, 0.1) is 29.8 Å². The largest absolute Gasteiger partial charge is 0.467 e. The van der Waals surface area contributed by atoms with Crippen LogP contribution in [-0.2, 0) is 48.0 Å². The Bertz CT molecular complexity index is 2020. The lowest BCUT2D eigenvalue weighted by molar-refractivity contribution is -0.142. The van der Waals surface area contributed by atoms with Crippen molar-refractivity contribution in [2.75, 3.05) is 39.6 Å². The molecule has 3 unspecified atom stereocenters. The van der Waals surface area contributed by atoms with E-state index < -0.39 is 23.4 Å². The number of thiazole rings is 1. The number of ether oxygens (including phenoxy) is 2. The molecule has 1 fully saturated rings. The number of carbonyl (C=O) groups is 4. The molecule has 1 aliphatic rings. The second kappa shape index (κ2) is 18.4. The number of nitrogen functional groups attached to an aromatic ring is 1. The van der Waals surface area contributed by atoms with Crippen LogP contribution in [0.1, 0.15) is 77.4 Å². The van der Waals surface area contributed by atoms with Crippen molar-refractivity contribution in [3.05, 3.63) is 53.5 Å². The molecule has 15 heteroatoms. The molecular formula is C41H56N8O6S. The summed E-state index contributed by atoms with van der Waals surface area (Å²) in [5.41, 5.74) is 15.7. The number of rotatable bonds is 18. The van der Waals surface area contributed by atoms with Crippen molar-refractivity contribution < 1.29 is 28.7 Å². The highest BCUT2D eigenvalue weighted by Crippen LogP contribution is 2.42. The summed E-state index contributed by atoms with van der Waals surface area (Å²) >= 11 is 1.32. The van der Waals surface area contributed by atoms with Crippen LogP contribution >= 0.6 is 11.3 Å². The van der Waals surface area contributed by atoms with Gasteiger partial charge in [-0.05, 0) is 74.9 Å². The molecule has 3 atom stereocenters. The SMILES string of the molecule is CCn1c(-c2cccnc2C(C)OC)c(CC(C)(C)COC=O)c2cc(-c3nc(CC(NC(=O)C(C(C)C)N(C)C=O)C(=O)N4CCCCN4)c(N)s3)ccc21. The molecule has 0 saturated carbocycles. The van der Waals surface area contributed by atoms with Crippen LogP contribution in [0.2, 0.25) is 0 Å². The zero-order valence-electron chi connectivity index (χ0n) is 33.8. The second-order valence-corrected chi connectivity index (χ2v) is 16.6. The van der Waals surface area contributed by atoms with Crippen LogP contribution in [0.5, 0.6) is 0 Å². The molecule has 0 aliphatic carbocycles. The second-order valence-electron chi connectivity index (χ2n) is 15.5. The molecule has 3 amide bonds. The Kier molecular flexibility index (Phi) is 13.9. The highest BCUT2D eigenvalue weighted by Gasteiger charge is 2.34. The summed E-state index contributed by atoms with van der Waals surface area (Å²) < 4.78 is 13.3. The summed E-state index contributed by atoms with van der Waals surface area (Å²) in [5.74, 6) is -0.906. The molecule has 4 N–H and O–H groups in total. The first-order valence-electron chi connectivity index (χ1n) is 19.2. The lowest BCUT2D eigenvalue weighted by atomic mass is 9.84. The highest BCUT2D eigenvalue weighted by atomic mass is 32.1. The Hall–Kier alpha value is -4.86. The number of aromatic nitrogens is 3.